The number of aliphatic hydroxyl groups excluding tert-OH is 11. The molecule has 0 spiro atoms. The molecule has 17 unspecified atom stereocenters. The van der Waals surface area contributed by atoms with Gasteiger partial charge in [-0.05, 0) is 77.0 Å². The van der Waals surface area contributed by atoms with Crippen LogP contribution in [0.15, 0.2) is 97.2 Å². The molecule has 17 atom stereocenters. The van der Waals surface area contributed by atoms with Crippen molar-refractivity contribution in [2.24, 2.45) is 0 Å². The van der Waals surface area contributed by atoms with E-state index in [1.165, 1.54) is 167 Å². The Morgan fingerprint density at radius 3 is 1.04 bits per heavy atom. The first kappa shape index (κ1) is 94.9. The van der Waals surface area contributed by atoms with Gasteiger partial charge in [-0.2, -0.15) is 0 Å². The lowest BCUT2D eigenvalue weighted by Crippen LogP contribution is -2.66. The number of carbonyl (C=O) groups is 1. The molecule has 602 valence electrons. The Balaban J connectivity index is 1.38. The van der Waals surface area contributed by atoms with Gasteiger partial charge in [0.2, 0.25) is 5.91 Å². The van der Waals surface area contributed by atoms with Gasteiger partial charge in [0.05, 0.1) is 38.6 Å². The van der Waals surface area contributed by atoms with Gasteiger partial charge in [-0.1, -0.05) is 317 Å². The Labute approximate surface area is 628 Å². The molecule has 3 saturated heterocycles. The van der Waals surface area contributed by atoms with E-state index in [9.17, 15) is 61.0 Å². The first-order chi connectivity index (χ1) is 50.8. The van der Waals surface area contributed by atoms with Crippen molar-refractivity contribution in [3.8, 4) is 0 Å². The van der Waals surface area contributed by atoms with E-state index in [0.29, 0.717) is 12.8 Å². The Morgan fingerprint density at radius 2 is 0.663 bits per heavy atom. The monoisotopic (exact) mass is 1470 g/mol. The Kier molecular flexibility index (Phi) is 58.9. The highest BCUT2D eigenvalue weighted by Gasteiger charge is 2.54. The van der Waals surface area contributed by atoms with Crippen LogP contribution in [-0.4, -0.2) is 193 Å². The van der Waals surface area contributed by atoms with Crippen LogP contribution < -0.4 is 5.32 Å². The topological polar surface area (TPSA) is 307 Å². The van der Waals surface area contributed by atoms with Crippen molar-refractivity contribution in [1.82, 2.24) is 5.32 Å². The molecule has 0 aromatic carbocycles. The number of ether oxygens (including phenoxy) is 6. The standard InChI is InChI=1S/C85H149NO18/c1-3-5-7-9-11-13-15-17-19-21-23-25-27-29-31-33-35-36-38-40-42-44-46-48-50-52-54-56-58-60-62-69(90)68(86-73(91)63-61-59-57-55-53-51-49-47-45-43-41-39-37-34-32-30-28-26-24-22-20-18-16-14-12-10-8-6-4-2)67-99-83-79(97)76(94)81(71(65-88)101-83)104-85-80(98)77(95)82(72(66-89)102-85)103-84-78(96)75(93)74(92)70(64-87)100-84/h6,8,12,14,18,20,24,26,30,32,37,39,43,45,49,51,68-72,74-85,87-90,92-98H,3-5,7,9-11,13,15-17,19,21-23,25,27-29,31,33-36,38,40-42,44,46-48,50,52-67H2,1-2H3,(H,86,91)/b8-6-,14-12-,20-18-,26-24-,32-30-,39-37-,45-43-,51-49-. The average molecular weight is 1470 g/mol. The van der Waals surface area contributed by atoms with E-state index in [2.05, 4.69) is 116 Å². The molecular weight excluding hydrogens is 1320 g/mol. The minimum atomic E-state index is -1.98. The highest BCUT2D eigenvalue weighted by Crippen LogP contribution is 2.33. The predicted octanol–water partition coefficient (Wildman–Crippen LogP) is 14.3. The molecule has 0 aromatic rings. The molecule has 0 aliphatic carbocycles. The van der Waals surface area contributed by atoms with Crippen molar-refractivity contribution in [2.45, 2.75) is 407 Å². The number of allylic oxidation sites excluding steroid dienone is 16. The smallest absolute Gasteiger partial charge is 0.220 e. The number of aliphatic hydroxyl groups is 11. The van der Waals surface area contributed by atoms with E-state index in [1.807, 2.05) is 0 Å². The zero-order valence-electron chi connectivity index (χ0n) is 64.5. The first-order valence-corrected chi connectivity index (χ1v) is 41.5. The summed E-state index contributed by atoms with van der Waals surface area (Å²) in [6.45, 7) is 1.70. The SMILES string of the molecule is CC/C=C\C/C=C\C/C=C\C/C=C\C/C=C\C/C=C\C/C=C\C/C=C\CCCCCCC(=O)NC(COC1OC(CO)C(OC2OC(CO)C(OC3OC(CO)C(O)C(O)C3O)C(O)C2O)C(O)C1O)C(O)CCCCCCCCCCCCCCCCCCCCCCCCCCCCCCCC. The molecule has 19 nitrogen and oxygen atoms in total. The third kappa shape index (κ3) is 43.8. The second-order valence-electron chi connectivity index (χ2n) is 29.2. The molecule has 104 heavy (non-hydrogen) atoms. The number of hydrogen-bond acceptors (Lipinski definition) is 18. The summed E-state index contributed by atoms with van der Waals surface area (Å²) in [5.74, 6) is -0.267. The Bertz CT molecular complexity index is 2260. The summed E-state index contributed by atoms with van der Waals surface area (Å²) in [6.07, 6.45) is 60.6. The number of rotatable bonds is 65. The molecule has 19 heteroatoms. The van der Waals surface area contributed by atoms with Gasteiger partial charge in [-0.15, -0.1) is 0 Å². The van der Waals surface area contributed by atoms with Crippen LogP contribution in [0.3, 0.4) is 0 Å². The van der Waals surface area contributed by atoms with Crippen LogP contribution in [0, 0.1) is 0 Å². The molecule has 1 amide bonds. The van der Waals surface area contributed by atoms with Gasteiger partial charge in [-0.25, -0.2) is 0 Å². The molecule has 3 heterocycles. The van der Waals surface area contributed by atoms with Gasteiger partial charge in [0.25, 0.3) is 0 Å². The van der Waals surface area contributed by atoms with Crippen LogP contribution >= 0.6 is 0 Å². The lowest BCUT2D eigenvalue weighted by atomic mass is 9.96. The predicted molar refractivity (Wildman–Crippen MR) is 415 cm³/mol. The van der Waals surface area contributed by atoms with Crippen LogP contribution in [0.5, 0.6) is 0 Å². The number of hydrogen-bond donors (Lipinski definition) is 12. The van der Waals surface area contributed by atoms with Crippen LogP contribution in [0.4, 0.5) is 0 Å². The third-order valence-corrected chi connectivity index (χ3v) is 20.2. The maximum Gasteiger partial charge on any atom is 0.220 e. The van der Waals surface area contributed by atoms with E-state index >= 15 is 0 Å². The highest BCUT2D eigenvalue weighted by atomic mass is 16.8. The average Bonchev–Trinajstić information content (AvgIpc) is 0.781. The van der Waals surface area contributed by atoms with Crippen LogP contribution in [0.25, 0.3) is 0 Å². The van der Waals surface area contributed by atoms with Crippen molar-refractivity contribution >= 4 is 5.91 Å². The summed E-state index contributed by atoms with van der Waals surface area (Å²) in [6, 6.07) is -0.911. The molecule has 0 aromatic heterocycles. The molecule has 3 rings (SSSR count). The van der Waals surface area contributed by atoms with Gasteiger partial charge in [0.1, 0.15) is 73.2 Å². The maximum atomic E-state index is 13.5. The Morgan fingerprint density at radius 1 is 0.356 bits per heavy atom. The normalized spacial score (nSPS) is 26.4. The van der Waals surface area contributed by atoms with Crippen LogP contribution in [-0.2, 0) is 33.2 Å². The van der Waals surface area contributed by atoms with E-state index in [1.54, 1.807) is 0 Å². The van der Waals surface area contributed by atoms with Gasteiger partial charge in [-0.3, -0.25) is 4.79 Å². The molecule has 0 bridgehead atoms. The van der Waals surface area contributed by atoms with Gasteiger partial charge in [0.15, 0.2) is 18.9 Å². The highest BCUT2D eigenvalue weighted by molar-refractivity contribution is 5.76. The fraction of sp³-hybridized carbons (Fsp3) is 0.800. The van der Waals surface area contributed by atoms with E-state index in [-0.39, 0.29) is 18.9 Å². The summed E-state index contributed by atoms with van der Waals surface area (Å²) in [5.41, 5.74) is 0. The summed E-state index contributed by atoms with van der Waals surface area (Å²) in [5, 5.41) is 121. The molecule has 3 fully saturated rings. The second kappa shape index (κ2) is 64.5. The largest absolute Gasteiger partial charge is 0.394 e. The van der Waals surface area contributed by atoms with Gasteiger partial charge in [0, 0.05) is 6.42 Å². The fourth-order valence-electron chi connectivity index (χ4n) is 13.6. The van der Waals surface area contributed by atoms with Crippen molar-refractivity contribution in [2.75, 3.05) is 26.4 Å². The molecule has 3 aliphatic rings. The molecule has 12 N–H and O–H groups in total. The summed E-state index contributed by atoms with van der Waals surface area (Å²) < 4.78 is 34.5. The minimum Gasteiger partial charge on any atom is -0.394 e. The van der Waals surface area contributed by atoms with Gasteiger partial charge < -0.3 is 89.9 Å². The minimum absolute atomic E-state index is 0.231. The lowest BCUT2D eigenvalue weighted by Gasteiger charge is -2.48. The van der Waals surface area contributed by atoms with Crippen molar-refractivity contribution < 1.29 is 89.4 Å². The van der Waals surface area contributed by atoms with E-state index < -0.39 is 124 Å². The summed E-state index contributed by atoms with van der Waals surface area (Å²) in [7, 11) is 0. The summed E-state index contributed by atoms with van der Waals surface area (Å²) >= 11 is 0. The van der Waals surface area contributed by atoms with E-state index in [4.69, 9.17) is 28.4 Å². The Hall–Kier alpha value is -3.29. The zero-order chi connectivity index (χ0) is 75.3. The van der Waals surface area contributed by atoms with Gasteiger partial charge >= 0.3 is 0 Å². The quantitative estimate of drug-likeness (QED) is 0.0199. The fourth-order valence-corrected chi connectivity index (χ4v) is 13.6. The lowest BCUT2D eigenvalue weighted by molar-refractivity contribution is -0.379. The number of unbranched alkanes of at least 4 members (excludes halogenated alkanes) is 33. The molecule has 0 saturated carbocycles. The number of nitrogens with one attached hydrogen (secondary N) is 1. The van der Waals surface area contributed by atoms with Crippen molar-refractivity contribution in [3.05, 3.63) is 97.2 Å². The number of carbonyl (C=O) groups excluding carboxylic acids is 1. The molecule has 0 radical (unpaired) electrons. The maximum absolute atomic E-state index is 13.5. The van der Waals surface area contributed by atoms with Crippen molar-refractivity contribution in [1.29, 1.82) is 0 Å². The number of amides is 1. The molecular formula is C85H149NO18. The van der Waals surface area contributed by atoms with E-state index in [0.717, 1.165) is 103 Å². The first-order valence-electron chi connectivity index (χ1n) is 41.5. The second-order valence-corrected chi connectivity index (χ2v) is 29.2. The van der Waals surface area contributed by atoms with Crippen LogP contribution in [0.2, 0.25) is 0 Å². The molecule has 3 aliphatic heterocycles. The summed E-state index contributed by atoms with van der Waals surface area (Å²) in [4.78, 5) is 13.5. The van der Waals surface area contributed by atoms with Crippen LogP contribution in [0.1, 0.15) is 303 Å². The zero-order valence-corrected chi connectivity index (χ0v) is 64.5. The third-order valence-electron chi connectivity index (χ3n) is 20.2. The van der Waals surface area contributed by atoms with Crippen molar-refractivity contribution in [3.63, 3.8) is 0 Å².